The van der Waals surface area contributed by atoms with Gasteiger partial charge in [0.15, 0.2) is 0 Å². The van der Waals surface area contributed by atoms with Gasteiger partial charge < -0.3 is 10.6 Å². The summed E-state index contributed by atoms with van der Waals surface area (Å²) in [5.41, 5.74) is 5.66. The van der Waals surface area contributed by atoms with Gasteiger partial charge in [0.25, 0.3) is 0 Å². The lowest BCUT2D eigenvalue weighted by Gasteiger charge is -2.21. The van der Waals surface area contributed by atoms with Crippen LogP contribution in [0.3, 0.4) is 0 Å². The van der Waals surface area contributed by atoms with Crippen LogP contribution in [0.1, 0.15) is 71.6 Å². The standard InChI is InChI=1S/C15H34N2/c1-3-5-7-8-9-11-14-17(15-12-16)13-10-6-4-2/h3-16H2,1-2H3. The van der Waals surface area contributed by atoms with Crippen molar-refractivity contribution < 1.29 is 0 Å². The number of unbranched alkanes of at least 4 members (excludes halogenated alkanes) is 7. The van der Waals surface area contributed by atoms with Crippen LogP contribution >= 0.6 is 0 Å². The summed E-state index contributed by atoms with van der Waals surface area (Å²) in [5.74, 6) is 0. The van der Waals surface area contributed by atoms with E-state index in [4.69, 9.17) is 5.73 Å². The third-order valence-corrected chi connectivity index (χ3v) is 3.35. The van der Waals surface area contributed by atoms with Crippen molar-refractivity contribution in [2.45, 2.75) is 71.6 Å². The molecular formula is C15H34N2. The van der Waals surface area contributed by atoms with Crippen LogP contribution in [0.5, 0.6) is 0 Å². The smallest absolute Gasteiger partial charge is 0.0105 e. The van der Waals surface area contributed by atoms with Gasteiger partial charge >= 0.3 is 0 Å². The van der Waals surface area contributed by atoms with Crippen molar-refractivity contribution in [3.05, 3.63) is 0 Å². The summed E-state index contributed by atoms with van der Waals surface area (Å²) in [6.45, 7) is 8.94. The van der Waals surface area contributed by atoms with E-state index in [1.807, 2.05) is 0 Å². The molecular weight excluding hydrogens is 208 g/mol. The predicted octanol–water partition coefficient (Wildman–Crippen LogP) is 3.80. The summed E-state index contributed by atoms with van der Waals surface area (Å²) in [4.78, 5) is 2.55. The molecule has 104 valence electrons. The fourth-order valence-electron chi connectivity index (χ4n) is 2.22. The Hall–Kier alpha value is -0.0800. The zero-order chi connectivity index (χ0) is 12.8. The molecule has 2 heteroatoms. The van der Waals surface area contributed by atoms with Gasteiger partial charge in [-0.05, 0) is 25.9 Å². The van der Waals surface area contributed by atoms with Crippen LogP contribution < -0.4 is 5.73 Å². The van der Waals surface area contributed by atoms with Gasteiger partial charge in [-0.2, -0.15) is 0 Å². The quantitative estimate of drug-likeness (QED) is 0.498. The van der Waals surface area contributed by atoms with Crippen molar-refractivity contribution in [2.24, 2.45) is 5.73 Å². The molecule has 0 bridgehead atoms. The molecule has 0 atom stereocenters. The van der Waals surface area contributed by atoms with Crippen molar-refractivity contribution in [3.63, 3.8) is 0 Å². The highest BCUT2D eigenvalue weighted by molar-refractivity contribution is 4.59. The highest BCUT2D eigenvalue weighted by atomic mass is 15.1. The molecule has 0 unspecified atom stereocenters. The van der Waals surface area contributed by atoms with Crippen LogP contribution in [0.15, 0.2) is 0 Å². The fraction of sp³-hybridized carbons (Fsp3) is 1.00. The summed E-state index contributed by atoms with van der Waals surface area (Å²) >= 11 is 0. The maximum atomic E-state index is 5.66. The lowest BCUT2D eigenvalue weighted by Crippen LogP contribution is -2.31. The Bertz CT molecular complexity index is 137. The highest BCUT2D eigenvalue weighted by Crippen LogP contribution is 2.06. The fourth-order valence-corrected chi connectivity index (χ4v) is 2.22. The zero-order valence-corrected chi connectivity index (χ0v) is 12.2. The first-order chi connectivity index (χ1) is 8.35. The molecule has 0 aromatic carbocycles. The molecule has 0 heterocycles. The average molecular weight is 242 g/mol. The van der Waals surface area contributed by atoms with E-state index in [0.717, 1.165) is 13.1 Å². The molecule has 17 heavy (non-hydrogen) atoms. The molecule has 0 spiro atoms. The maximum Gasteiger partial charge on any atom is 0.0105 e. The molecule has 0 saturated heterocycles. The molecule has 0 aliphatic carbocycles. The lowest BCUT2D eigenvalue weighted by molar-refractivity contribution is 0.268. The lowest BCUT2D eigenvalue weighted by atomic mass is 10.1. The molecule has 0 fully saturated rings. The Morgan fingerprint density at radius 1 is 0.647 bits per heavy atom. The Morgan fingerprint density at radius 3 is 1.71 bits per heavy atom. The molecule has 0 radical (unpaired) electrons. The van der Waals surface area contributed by atoms with Crippen LogP contribution in [-0.2, 0) is 0 Å². The second-order valence-corrected chi connectivity index (χ2v) is 5.11. The van der Waals surface area contributed by atoms with E-state index >= 15 is 0 Å². The van der Waals surface area contributed by atoms with Gasteiger partial charge in [-0.25, -0.2) is 0 Å². The molecule has 0 saturated carbocycles. The first-order valence-electron chi connectivity index (χ1n) is 7.77. The molecule has 0 aliphatic rings. The minimum atomic E-state index is 0.807. The molecule has 2 nitrogen and oxygen atoms in total. The van der Waals surface area contributed by atoms with Gasteiger partial charge in [0, 0.05) is 13.1 Å². The van der Waals surface area contributed by atoms with Gasteiger partial charge in [-0.1, -0.05) is 58.8 Å². The molecule has 0 amide bonds. The molecule has 0 aromatic heterocycles. The van der Waals surface area contributed by atoms with Gasteiger partial charge in [-0.3, -0.25) is 0 Å². The number of nitrogens with zero attached hydrogens (tertiary/aromatic N) is 1. The van der Waals surface area contributed by atoms with Crippen molar-refractivity contribution in [1.29, 1.82) is 0 Å². The van der Waals surface area contributed by atoms with E-state index in [1.54, 1.807) is 0 Å². The molecule has 0 aliphatic heterocycles. The van der Waals surface area contributed by atoms with Crippen molar-refractivity contribution >= 4 is 0 Å². The monoisotopic (exact) mass is 242 g/mol. The summed E-state index contributed by atoms with van der Waals surface area (Å²) in [6.07, 6.45) is 12.4. The number of nitrogens with two attached hydrogens (primary N) is 1. The van der Waals surface area contributed by atoms with Crippen molar-refractivity contribution in [2.75, 3.05) is 26.2 Å². The minimum absolute atomic E-state index is 0.807. The van der Waals surface area contributed by atoms with Gasteiger partial charge in [0.05, 0.1) is 0 Å². The van der Waals surface area contributed by atoms with E-state index in [2.05, 4.69) is 18.7 Å². The maximum absolute atomic E-state index is 5.66. The van der Waals surface area contributed by atoms with E-state index in [9.17, 15) is 0 Å². The Balaban J connectivity index is 3.41. The van der Waals surface area contributed by atoms with Gasteiger partial charge in [0.1, 0.15) is 0 Å². The molecule has 0 rings (SSSR count). The zero-order valence-electron chi connectivity index (χ0n) is 12.2. The van der Waals surface area contributed by atoms with Crippen LogP contribution in [0, 0.1) is 0 Å². The first kappa shape index (κ1) is 16.9. The Labute approximate surface area is 109 Å². The number of hydrogen-bond donors (Lipinski definition) is 1. The Morgan fingerprint density at radius 2 is 1.12 bits per heavy atom. The molecule has 2 N–H and O–H groups in total. The topological polar surface area (TPSA) is 29.3 Å². The minimum Gasteiger partial charge on any atom is -0.329 e. The van der Waals surface area contributed by atoms with Gasteiger partial charge in [0.2, 0.25) is 0 Å². The third-order valence-electron chi connectivity index (χ3n) is 3.35. The van der Waals surface area contributed by atoms with Crippen LogP contribution in [0.2, 0.25) is 0 Å². The largest absolute Gasteiger partial charge is 0.329 e. The van der Waals surface area contributed by atoms with E-state index in [-0.39, 0.29) is 0 Å². The van der Waals surface area contributed by atoms with Crippen LogP contribution in [0.4, 0.5) is 0 Å². The van der Waals surface area contributed by atoms with E-state index in [1.165, 1.54) is 70.9 Å². The second kappa shape index (κ2) is 14.0. The second-order valence-electron chi connectivity index (χ2n) is 5.11. The normalized spacial score (nSPS) is 11.3. The summed E-state index contributed by atoms with van der Waals surface area (Å²) in [5, 5.41) is 0. The summed E-state index contributed by atoms with van der Waals surface area (Å²) in [6, 6.07) is 0. The third kappa shape index (κ3) is 12.2. The highest BCUT2D eigenvalue weighted by Gasteiger charge is 2.02. The number of hydrogen-bond acceptors (Lipinski definition) is 2. The SMILES string of the molecule is CCCCCCCCN(CCN)CCCCC. The van der Waals surface area contributed by atoms with E-state index in [0.29, 0.717) is 0 Å². The first-order valence-corrected chi connectivity index (χ1v) is 7.77. The van der Waals surface area contributed by atoms with Crippen molar-refractivity contribution in [3.8, 4) is 0 Å². The Kier molecular flexibility index (Phi) is 13.9. The van der Waals surface area contributed by atoms with Crippen LogP contribution in [0.25, 0.3) is 0 Å². The predicted molar refractivity (Wildman–Crippen MR) is 78.4 cm³/mol. The van der Waals surface area contributed by atoms with Crippen molar-refractivity contribution in [1.82, 2.24) is 4.90 Å². The summed E-state index contributed by atoms with van der Waals surface area (Å²) in [7, 11) is 0. The number of rotatable bonds is 13. The molecule has 0 aromatic rings. The van der Waals surface area contributed by atoms with Gasteiger partial charge in [-0.15, -0.1) is 0 Å². The van der Waals surface area contributed by atoms with E-state index < -0.39 is 0 Å². The average Bonchev–Trinajstić information content (AvgIpc) is 2.34. The summed E-state index contributed by atoms with van der Waals surface area (Å²) < 4.78 is 0. The van der Waals surface area contributed by atoms with Crippen LogP contribution in [-0.4, -0.2) is 31.1 Å².